The van der Waals surface area contributed by atoms with Crippen LogP contribution in [-0.2, 0) is 28.2 Å². The Kier molecular flexibility index (Phi) is 4.47. The maximum absolute atomic E-state index is 12.5. The molecule has 0 unspecified atom stereocenters. The summed E-state index contributed by atoms with van der Waals surface area (Å²) in [5, 5.41) is 0.0482. The van der Waals surface area contributed by atoms with Gasteiger partial charge in [0.25, 0.3) is 10.0 Å². The minimum Gasteiger partial charge on any atom is -0.379 e. The van der Waals surface area contributed by atoms with Gasteiger partial charge >= 0.3 is 0 Å². The molecule has 1 N–H and O–H groups in total. The molecule has 1 aliphatic heterocycles. The van der Waals surface area contributed by atoms with Gasteiger partial charge < -0.3 is 9.30 Å². The summed E-state index contributed by atoms with van der Waals surface area (Å²) >= 11 is 0. The van der Waals surface area contributed by atoms with Gasteiger partial charge in [0.2, 0.25) is 0 Å². The highest BCUT2D eigenvalue weighted by Crippen LogP contribution is 2.21. The molecule has 3 heterocycles. The van der Waals surface area contributed by atoms with E-state index in [0.717, 1.165) is 12.0 Å². The average molecular weight is 336 g/mol. The van der Waals surface area contributed by atoms with Gasteiger partial charge in [0.1, 0.15) is 5.82 Å². The minimum absolute atomic E-state index is 0.0482. The van der Waals surface area contributed by atoms with Crippen molar-refractivity contribution in [3.05, 3.63) is 42.1 Å². The fourth-order valence-electron chi connectivity index (χ4n) is 2.67. The molecule has 0 bridgehead atoms. The lowest BCUT2D eigenvalue weighted by Gasteiger charge is -2.18. The van der Waals surface area contributed by atoms with Crippen molar-refractivity contribution >= 4 is 10.0 Å². The third kappa shape index (κ3) is 3.60. The van der Waals surface area contributed by atoms with Gasteiger partial charge in [-0.1, -0.05) is 0 Å². The van der Waals surface area contributed by atoms with E-state index in [9.17, 15) is 8.42 Å². The summed E-state index contributed by atoms with van der Waals surface area (Å²) in [6.07, 6.45) is 5.74. The highest BCUT2D eigenvalue weighted by atomic mass is 32.2. The van der Waals surface area contributed by atoms with Crippen LogP contribution in [0.25, 0.3) is 0 Å². The van der Waals surface area contributed by atoms with E-state index in [1.807, 2.05) is 12.1 Å². The van der Waals surface area contributed by atoms with Crippen LogP contribution in [0.2, 0.25) is 0 Å². The zero-order valence-electron chi connectivity index (χ0n) is 13.1. The molecule has 0 saturated carbocycles. The Balaban J connectivity index is 1.73. The summed E-state index contributed by atoms with van der Waals surface area (Å²) in [5.74, 6) is 0.748. The fourth-order valence-corrected chi connectivity index (χ4v) is 4.00. The van der Waals surface area contributed by atoms with E-state index in [2.05, 4.69) is 14.7 Å². The molecule has 0 radical (unpaired) electrons. The Hall–Kier alpha value is -1.77. The molecule has 2 atom stereocenters. The van der Waals surface area contributed by atoms with Crippen molar-refractivity contribution in [2.24, 2.45) is 13.0 Å². The monoisotopic (exact) mass is 336 g/mol. The Morgan fingerprint density at radius 1 is 1.35 bits per heavy atom. The summed E-state index contributed by atoms with van der Waals surface area (Å²) in [7, 11) is -1.87. The van der Waals surface area contributed by atoms with E-state index in [-0.39, 0.29) is 17.0 Å². The number of aryl methyl sites for hydroxylation is 2. The largest absolute Gasteiger partial charge is 0.379 e. The maximum atomic E-state index is 12.5. The van der Waals surface area contributed by atoms with Crippen LogP contribution in [0.4, 0.5) is 0 Å². The number of rotatable bonds is 5. The normalized spacial score (nSPS) is 21.7. The fraction of sp³-hybridized carbons (Fsp3) is 0.467. The van der Waals surface area contributed by atoms with Crippen molar-refractivity contribution in [2.75, 3.05) is 13.2 Å². The summed E-state index contributed by atoms with van der Waals surface area (Å²) in [4.78, 5) is 8.09. The number of nitrogens with zero attached hydrogens (tertiary/aromatic N) is 3. The molecule has 0 aromatic carbocycles. The summed E-state index contributed by atoms with van der Waals surface area (Å²) in [6, 6.07) is 3.62. The van der Waals surface area contributed by atoms with Crippen molar-refractivity contribution < 1.29 is 13.2 Å². The van der Waals surface area contributed by atoms with Gasteiger partial charge in [-0.15, -0.1) is 0 Å². The molecule has 23 heavy (non-hydrogen) atoms. The van der Waals surface area contributed by atoms with Gasteiger partial charge in [-0.2, -0.15) is 0 Å². The topological polar surface area (TPSA) is 86.1 Å². The second kappa shape index (κ2) is 6.38. The number of sulfonamides is 1. The number of nitrogens with one attached hydrogen (secondary N) is 1. The molecule has 0 amide bonds. The number of aromatic nitrogens is 3. The lowest BCUT2D eigenvalue weighted by Crippen LogP contribution is -2.40. The van der Waals surface area contributed by atoms with Crippen molar-refractivity contribution in [1.82, 2.24) is 19.3 Å². The van der Waals surface area contributed by atoms with Crippen LogP contribution >= 0.6 is 0 Å². The van der Waals surface area contributed by atoms with Crippen molar-refractivity contribution in [1.29, 1.82) is 0 Å². The summed E-state index contributed by atoms with van der Waals surface area (Å²) in [6.45, 7) is 2.68. The van der Waals surface area contributed by atoms with Gasteiger partial charge in [0.15, 0.2) is 5.03 Å². The number of hydrogen-bond acceptors (Lipinski definition) is 5. The number of hydrogen-bond donors (Lipinski definition) is 1. The van der Waals surface area contributed by atoms with Crippen molar-refractivity contribution in [3.63, 3.8) is 0 Å². The number of pyridine rings is 1. The molecule has 8 heteroatoms. The van der Waals surface area contributed by atoms with E-state index in [0.29, 0.717) is 19.0 Å². The first-order valence-corrected chi connectivity index (χ1v) is 8.93. The van der Waals surface area contributed by atoms with E-state index in [4.69, 9.17) is 4.74 Å². The molecule has 0 aliphatic carbocycles. The molecule has 124 valence electrons. The van der Waals surface area contributed by atoms with E-state index in [1.165, 1.54) is 6.20 Å². The van der Waals surface area contributed by atoms with E-state index >= 15 is 0 Å². The molecule has 1 fully saturated rings. The molecule has 3 rings (SSSR count). The lowest BCUT2D eigenvalue weighted by molar-refractivity contribution is 0.183. The Labute approximate surface area is 135 Å². The summed E-state index contributed by atoms with van der Waals surface area (Å²) in [5.41, 5.74) is 1.12. The van der Waals surface area contributed by atoms with Crippen molar-refractivity contribution in [2.45, 2.75) is 24.4 Å². The molecule has 2 aromatic heterocycles. The zero-order chi connectivity index (χ0) is 16.4. The van der Waals surface area contributed by atoms with E-state index in [1.54, 1.807) is 30.9 Å². The Morgan fingerprint density at radius 3 is 2.74 bits per heavy atom. The molecular weight excluding hydrogens is 316 g/mol. The average Bonchev–Trinajstić information content (AvgIpc) is 3.08. The smallest absolute Gasteiger partial charge is 0.259 e. The van der Waals surface area contributed by atoms with Gasteiger partial charge in [-0.05, 0) is 31.0 Å². The second-order valence-corrected chi connectivity index (χ2v) is 7.48. The molecule has 1 aliphatic rings. The third-order valence-corrected chi connectivity index (χ3v) is 5.47. The van der Waals surface area contributed by atoms with Crippen molar-refractivity contribution in [3.8, 4) is 0 Å². The van der Waals surface area contributed by atoms with Crippen LogP contribution in [0.15, 0.2) is 35.7 Å². The number of imidazole rings is 1. The van der Waals surface area contributed by atoms with Crippen LogP contribution in [0.1, 0.15) is 11.4 Å². The first-order valence-electron chi connectivity index (χ1n) is 7.44. The second-order valence-electron chi connectivity index (χ2n) is 5.82. The first-order chi connectivity index (χ1) is 11.0. The van der Waals surface area contributed by atoms with Gasteiger partial charge in [-0.3, -0.25) is 4.98 Å². The van der Waals surface area contributed by atoms with Crippen LogP contribution < -0.4 is 4.72 Å². The SMILES string of the molecule is Cc1nc(S(=O)(=O)N[C@@H]2COC[C@H]2Cc2ccncc2)cn1C. The molecule has 2 aromatic rings. The molecule has 0 spiro atoms. The minimum atomic E-state index is -3.64. The predicted molar refractivity (Wildman–Crippen MR) is 84.3 cm³/mol. The first kappa shape index (κ1) is 16.1. The Bertz CT molecular complexity index is 754. The van der Waals surface area contributed by atoms with Crippen LogP contribution in [0.3, 0.4) is 0 Å². The summed E-state index contributed by atoms with van der Waals surface area (Å²) < 4.78 is 34.9. The van der Waals surface area contributed by atoms with Crippen LogP contribution in [-0.4, -0.2) is 42.2 Å². The predicted octanol–water partition coefficient (Wildman–Crippen LogP) is 0.660. The van der Waals surface area contributed by atoms with E-state index < -0.39 is 10.0 Å². The van der Waals surface area contributed by atoms with Gasteiger partial charge in [0.05, 0.1) is 19.3 Å². The quantitative estimate of drug-likeness (QED) is 0.867. The molecule has 7 nitrogen and oxygen atoms in total. The molecular formula is C15H20N4O3S. The number of ether oxygens (including phenoxy) is 1. The maximum Gasteiger partial charge on any atom is 0.259 e. The standard InChI is InChI=1S/C15H20N4O3S/c1-11-17-15(8-19(11)2)23(20,21)18-14-10-22-9-13(14)7-12-3-5-16-6-4-12/h3-6,8,13-14,18H,7,9-10H2,1-2H3/t13-,14-/m1/s1. The lowest BCUT2D eigenvalue weighted by atomic mass is 9.96. The molecule has 1 saturated heterocycles. The highest BCUT2D eigenvalue weighted by Gasteiger charge is 2.33. The van der Waals surface area contributed by atoms with Gasteiger partial charge in [0, 0.05) is 31.6 Å². The Morgan fingerprint density at radius 2 is 2.09 bits per heavy atom. The zero-order valence-corrected chi connectivity index (χ0v) is 14.0. The third-order valence-electron chi connectivity index (χ3n) is 4.11. The van der Waals surface area contributed by atoms with Gasteiger partial charge in [-0.25, -0.2) is 18.1 Å². The van der Waals surface area contributed by atoms with Crippen LogP contribution in [0, 0.1) is 12.8 Å². The van der Waals surface area contributed by atoms with Crippen LogP contribution in [0.5, 0.6) is 0 Å². The highest BCUT2D eigenvalue weighted by molar-refractivity contribution is 7.89.